The Morgan fingerprint density at radius 3 is 2.88 bits per heavy atom. The first-order chi connectivity index (χ1) is 8.10. The maximum Gasteiger partial charge on any atom is 0.191 e. The lowest BCUT2D eigenvalue weighted by Gasteiger charge is -2.11. The summed E-state index contributed by atoms with van der Waals surface area (Å²) in [6.07, 6.45) is 2.22. The van der Waals surface area contributed by atoms with Gasteiger partial charge in [-0.2, -0.15) is 0 Å². The minimum absolute atomic E-state index is 0.0870. The van der Waals surface area contributed by atoms with Crippen LogP contribution in [0.4, 0.5) is 4.39 Å². The lowest BCUT2D eigenvalue weighted by atomic mass is 10.1. The molecule has 1 aromatic rings. The Hall–Kier alpha value is -1.48. The lowest BCUT2D eigenvalue weighted by Crippen LogP contribution is -2.17. The van der Waals surface area contributed by atoms with Gasteiger partial charge >= 0.3 is 0 Å². The third-order valence-electron chi connectivity index (χ3n) is 2.59. The van der Waals surface area contributed by atoms with Gasteiger partial charge in [0.2, 0.25) is 0 Å². The van der Waals surface area contributed by atoms with Crippen LogP contribution in [-0.4, -0.2) is 18.5 Å². The van der Waals surface area contributed by atoms with Crippen molar-refractivity contribution in [3.63, 3.8) is 0 Å². The van der Waals surface area contributed by atoms with E-state index in [1.807, 2.05) is 6.92 Å². The molecule has 0 heterocycles. The highest BCUT2D eigenvalue weighted by molar-refractivity contribution is 5.97. The quantitative estimate of drug-likeness (QED) is 0.559. The fourth-order valence-electron chi connectivity index (χ4n) is 1.48. The zero-order chi connectivity index (χ0) is 12.8. The SMILES string of the molecule is C=C[C@@H](CC)OCC(=O)c1cccc(C)c1F. The molecule has 0 aliphatic carbocycles. The molecular weight excluding hydrogens is 219 g/mol. The van der Waals surface area contributed by atoms with Crippen LogP contribution in [-0.2, 0) is 4.74 Å². The summed E-state index contributed by atoms with van der Waals surface area (Å²) in [5, 5.41) is 0. The highest BCUT2D eigenvalue weighted by Gasteiger charge is 2.14. The van der Waals surface area contributed by atoms with Gasteiger partial charge in [0.25, 0.3) is 0 Å². The maximum atomic E-state index is 13.6. The molecule has 2 nitrogen and oxygen atoms in total. The van der Waals surface area contributed by atoms with Crippen LogP contribution in [0.1, 0.15) is 29.3 Å². The molecule has 0 aliphatic heterocycles. The second kappa shape index (κ2) is 6.30. The van der Waals surface area contributed by atoms with Gasteiger partial charge in [0.1, 0.15) is 12.4 Å². The van der Waals surface area contributed by atoms with Gasteiger partial charge < -0.3 is 4.74 Å². The van der Waals surface area contributed by atoms with Crippen LogP contribution >= 0.6 is 0 Å². The Kier molecular flexibility index (Phi) is 5.04. The van der Waals surface area contributed by atoms with Gasteiger partial charge in [-0.3, -0.25) is 4.79 Å². The average molecular weight is 236 g/mol. The van der Waals surface area contributed by atoms with Crippen LogP contribution in [0.25, 0.3) is 0 Å². The Balaban J connectivity index is 2.70. The van der Waals surface area contributed by atoms with Gasteiger partial charge in [0.15, 0.2) is 5.78 Å². The first-order valence-electron chi connectivity index (χ1n) is 5.62. The Morgan fingerprint density at radius 2 is 2.29 bits per heavy atom. The number of Topliss-reactive ketones (excluding diaryl/α,β-unsaturated/α-hetero) is 1. The van der Waals surface area contributed by atoms with Crippen molar-refractivity contribution in [3.8, 4) is 0 Å². The van der Waals surface area contributed by atoms with E-state index < -0.39 is 5.82 Å². The van der Waals surface area contributed by atoms with Crippen molar-refractivity contribution >= 4 is 5.78 Å². The van der Waals surface area contributed by atoms with Gasteiger partial charge in [-0.05, 0) is 25.0 Å². The number of hydrogen-bond donors (Lipinski definition) is 0. The van der Waals surface area contributed by atoms with E-state index in [1.165, 1.54) is 6.07 Å². The number of halogens is 1. The third kappa shape index (κ3) is 3.49. The highest BCUT2D eigenvalue weighted by Crippen LogP contribution is 2.13. The summed E-state index contributed by atoms with van der Waals surface area (Å²) in [5.41, 5.74) is 0.551. The van der Waals surface area contributed by atoms with E-state index in [0.29, 0.717) is 5.56 Å². The van der Waals surface area contributed by atoms with E-state index in [0.717, 1.165) is 6.42 Å². The van der Waals surface area contributed by atoms with Crippen molar-refractivity contribution in [2.45, 2.75) is 26.4 Å². The molecule has 0 saturated heterocycles. The second-order valence-corrected chi connectivity index (χ2v) is 3.85. The molecule has 0 aromatic heterocycles. The molecule has 0 spiro atoms. The van der Waals surface area contributed by atoms with Crippen LogP contribution in [0.15, 0.2) is 30.9 Å². The van der Waals surface area contributed by atoms with Crippen LogP contribution in [0.5, 0.6) is 0 Å². The zero-order valence-corrected chi connectivity index (χ0v) is 10.2. The fourth-order valence-corrected chi connectivity index (χ4v) is 1.48. The predicted molar refractivity (Wildman–Crippen MR) is 65.7 cm³/mol. The van der Waals surface area contributed by atoms with E-state index in [4.69, 9.17) is 4.74 Å². The topological polar surface area (TPSA) is 26.3 Å². The smallest absolute Gasteiger partial charge is 0.191 e. The molecule has 1 atom stereocenters. The largest absolute Gasteiger partial charge is 0.366 e. The molecule has 0 amide bonds. The maximum absolute atomic E-state index is 13.6. The molecule has 0 unspecified atom stereocenters. The monoisotopic (exact) mass is 236 g/mol. The van der Waals surface area contributed by atoms with Crippen molar-refractivity contribution in [1.82, 2.24) is 0 Å². The standard InChI is InChI=1S/C14H17FO2/c1-4-11(5-2)17-9-13(16)12-8-6-7-10(3)14(12)15/h4,6-8,11H,1,5,9H2,2-3H3/t11-/m0/s1. The van der Waals surface area contributed by atoms with Crippen LogP contribution in [0.2, 0.25) is 0 Å². The van der Waals surface area contributed by atoms with Crippen LogP contribution in [0.3, 0.4) is 0 Å². The van der Waals surface area contributed by atoms with Gasteiger partial charge in [0, 0.05) is 0 Å². The number of rotatable bonds is 6. The Morgan fingerprint density at radius 1 is 1.59 bits per heavy atom. The first kappa shape index (κ1) is 13.6. The molecule has 0 saturated carbocycles. The molecule has 1 aromatic carbocycles. The lowest BCUT2D eigenvalue weighted by molar-refractivity contribution is 0.0601. The van der Waals surface area contributed by atoms with Crippen molar-refractivity contribution in [2.75, 3.05) is 6.61 Å². The Labute approximate surface area is 101 Å². The molecule has 3 heteroatoms. The van der Waals surface area contributed by atoms with Gasteiger partial charge in [-0.15, -0.1) is 6.58 Å². The van der Waals surface area contributed by atoms with Crippen molar-refractivity contribution in [2.24, 2.45) is 0 Å². The third-order valence-corrected chi connectivity index (χ3v) is 2.59. The highest BCUT2D eigenvalue weighted by atomic mass is 19.1. The molecule has 92 valence electrons. The second-order valence-electron chi connectivity index (χ2n) is 3.85. The molecule has 1 rings (SSSR count). The number of ether oxygens (including phenoxy) is 1. The molecule has 0 fully saturated rings. The predicted octanol–water partition coefficient (Wildman–Crippen LogP) is 3.30. The molecule has 0 bridgehead atoms. The molecule has 0 aliphatic rings. The Bertz CT molecular complexity index is 413. The van der Waals surface area contributed by atoms with E-state index in [1.54, 1.807) is 25.1 Å². The first-order valence-corrected chi connectivity index (χ1v) is 5.62. The molecular formula is C14H17FO2. The number of carbonyl (C=O) groups is 1. The van der Waals surface area contributed by atoms with Crippen LogP contribution in [0, 0.1) is 12.7 Å². The van der Waals surface area contributed by atoms with Crippen molar-refractivity contribution in [1.29, 1.82) is 0 Å². The minimum Gasteiger partial charge on any atom is -0.366 e. The summed E-state index contributed by atoms with van der Waals surface area (Å²) in [5.74, 6) is -0.806. The van der Waals surface area contributed by atoms with E-state index in [2.05, 4.69) is 6.58 Å². The number of aryl methyl sites for hydroxylation is 1. The van der Waals surface area contributed by atoms with Gasteiger partial charge in [-0.1, -0.05) is 25.1 Å². The van der Waals surface area contributed by atoms with Gasteiger partial charge in [-0.25, -0.2) is 4.39 Å². The summed E-state index contributed by atoms with van der Waals surface area (Å²) in [7, 11) is 0. The summed E-state index contributed by atoms with van der Waals surface area (Å²) in [4.78, 5) is 11.8. The van der Waals surface area contributed by atoms with Crippen molar-refractivity contribution < 1.29 is 13.9 Å². The number of ketones is 1. The number of benzene rings is 1. The zero-order valence-electron chi connectivity index (χ0n) is 10.2. The number of hydrogen-bond acceptors (Lipinski definition) is 2. The van der Waals surface area contributed by atoms with Crippen LogP contribution < -0.4 is 0 Å². The normalized spacial score (nSPS) is 12.2. The summed E-state index contributed by atoms with van der Waals surface area (Å²) in [6.45, 7) is 7.05. The van der Waals surface area contributed by atoms with Crippen molar-refractivity contribution in [3.05, 3.63) is 47.8 Å². The number of carbonyl (C=O) groups excluding carboxylic acids is 1. The molecule has 0 N–H and O–H groups in total. The van der Waals surface area contributed by atoms with E-state index in [-0.39, 0.29) is 24.1 Å². The summed E-state index contributed by atoms with van der Waals surface area (Å²) in [6, 6.07) is 4.77. The minimum atomic E-state index is -0.465. The van der Waals surface area contributed by atoms with E-state index >= 15 is 0 Å². The summed E-state index contributed by atoms with van der Waals surface area (Å²) >= 11 is 0. The fraction of sp³-hybridized carbons (Fsp3) is 0.357. The van der Waals surface area contributed by atoms with Gasteiger partial charge in [0.05, 0.1) is 11.7 Å². The van der Waals surface area contributed by atoms with E-state index in [9.17, 15) is 9.18 Å². The summed E-state index contributed by atoms with van der Waals surface area (Å²) < 4.78 is 19.0. The average Bonchev–Trinajstić information content (AvgIpc) is 2.33. The molecule has 0 radical (unpaired) electrons. The molecule has 17 heavy (non-hydrogen) atoms.